The van der Waals surface area contributed by atoms with E-state index in [-0.39, 0.29) is 12.3 Å². The maximum absolute atomic E-state index is 11.1. The highest BCUT2D eigenvalue weighted by Gasteiger charge is 2.23. The SMILES string of the molecule is O=C(O)CC(c1ccco1)c1c[nH]c2ccccc12. The van der Waals surface area contributed by atoms with Crippen LogP contribution < -0.4 is 0 Å². The third-order valence-electron chi connectivity index (χ3n) is 3.26. The van der Waals surface area contributed by atoms with Gasteiger partial charge in [-0.2, -0.15) is 0 Å². The van der Waals surface area contributed by atoms with Crippen LogP contribution in [0.1, 0.15) is 23.7 Å². The topological polar surface area (TPSA) is 66.2 Å². The van der Waals surface area contributed by atoms with Gasteiger partial charge < -0.3 is 14.5 Å². The molecule has 0 saturated heterocycles. The van der Waals surface area contributed by atoms with Crippen LogP contribution >= 0.6 is 0 Å². The maximum Gasteiger partial charge on any atom is 0.304 e. The fourth-order valence-electron chi connectivity index (χ4n) is 2.41. The van der Waals surface area contributed by atoms with Crippen molar-refractivity contribution in [2.24, 2.45) is 0 Å². The zero-order valence-electron chi connectivity index (χ0n) is 10.2. The van der Waals surface area contributed by atoms with Crippen LogP contribution in [0.3, 0.4) is 0 Å². The molecule has 1 unspecified atom stereocenters. The molecule has 0 bridgehead atoms. The van der Waals surface area contributed by atoms with E-state index < -0.39 is 5.97 Å². The monoisotopic (exact) mass is 255 g/mol. The molecule has 2 N–H and O–H groups in total. The van der Waals surface area contributed by atoms with Gasteiger partial charge in [-0.05, 0) is 23.8 Å². The van der Waals surface area contributed by atoms with E-state index in [0.29, 0.717) is 5.76 Å². The molecule has 0 aliphatic heterocycles. The van der Waals surface area contributed by atoms with Crippen molar-refractivity contribution in [2.75, 3.05) is 0 Å². The first kappa shape index (κ1) is 11.6. The van der Waals surface area contributed by atoms with Crippen LogP contribution in [0, 0.1) is 0 Å². The zero-order chi connectivity index (χ0) is 13.2. The van der Waals surface area contributed by atoms with Gasteiger partial charge >= 0.3 is 5.97 Å². The Morgan fingerprint density at radius 3 is 2.84 bits per heavy atom. The number of nitrogens with one attached hydrogen (secondary N) is 1. The number of carboxylic acid groups (broad SMARTS) is 1. The van der Waals surface area contributed by atoms with Crippen LogP contribution in [0.4, 0.5) is 0 Å². The molecule has 4 nitrogen and oxygen atoms in total. The van der Waals surface area contributed by atoms with E-state index in [9.17, 15) is 4.79 Å². The van der Waals surface area contributed by atoms with Crippen molar-refractivity contribution in [3.05, 3.63) is 60.2 Å². The minimum atomic E-state index is -0.841. The summed E-state index contributed by atoms with van der Waals surface area (Å²) in [6, 6.07) is 11.4. The van der Waals surface area contributed by atoms with E-state index in [4.69, 9.17) is 9.52 Å². The summed E-state index contributed by atoms with van der Waals surface area (Å²) in [6.45, 7) is 0. The normalized spacial score (nSPS) is 12.6. The average molecular weight is 255 g/mol. The lowest BCUT2D eigenvalue weighted by Gasteiger charge is -2.11. The quantitative estimate of drug-likeness (QED) is 0.751. The fourth-order valence-corrected chi connectivity index (χ4v) is 2.41. The number of carboxylic acids is 1. The number of aliphatic carboxylic acids is 1. The summed E-state index contributed by atoms with van der Waals surface area (Å²) in [4.78, 5) is 14.3. The molecule has 19 heavy (non-hydrogen) atoms. The van der Waals surface area contributed by atoms with Gasteiger partial charge in [0.2, 0.25) is 0 Å². The predicted octanol–water partition coefficient (Wildman–Crippen LogP) is 3.37. The Hall–Kier alpha value is -2.49. The van der Waals surface area contributed by atoms with E-state index in [0.717, 1.165) is 16.5 Å². The van der Waals surface area contributed by atoms with E-state index in [2.05, 4.69) is 4.98 Å². The van der Waals surface area contributed by atoms with Crippen molar-refractivity contribution in [1.29, 1.82) is 0 Å². The predicted molar refractivity (Wildman–Crippen MR) is 71.1 cm³/mol. The second-order valence-corrected chi connectivity index (χ2v) is 4.46. The first-order valence-corrected chi connectivity index (χ1v) is 6.07. The minimum Gasteiger partial charge on any atom is -0.481 e. The van der Waals surface area contributed by atoms with Crippen LogP contribution in [-0.4, -0.2) is 16.1 Å². The van der Waals surface area contributed by atoms with E-state index in [1.165, 1.54) is 0 Å². The van der Waals surface area contributed by atoms with E-state index in [1.807, 2.05) is 36.5 Å². The van der Waals surface area contributed by atoms with Crippen LogP contribution in [-0.2, 0) is 4.79 Å². The van der Waals surface area contributed by atoms with Gasteiger partial charge in [-0.3, -0.25) is 4.79 Å². The number of hydrogen-bond acceptors (Lipinski definition) is 2. The fraction of sp³-hybridized carbons (Fsp3) is 0.133. The molecule has 0 amide bonds. The summed E-state index contributed by atoms with van der Waals surface area (Å²) in [5.74, 6) is -0.442. The van der Waals surface area contributed by atoms with Gasteiger partial charge in [0.05, 0.1) is 18.6 Å². The van der Waals surface area contributed by atoms with Gasteiger partial charge in [0.15, 0.2) is 0 Å². The molecule has 0 radical (unpaired) electrons. The summed E-state index contributed by atoms with van der Waals surface area (Å²) in [7, 11) is 0. The molecule has 0 aliphatic rings. The Labute approximate surface area is 109 Å². The number of furan rings is 1. The third kappa shape index (κ3) is 2.12. The number of aromatic amines is 1. The number of hydrogen-bond donors (Lipinski definition) is 2. The molecule has 1 atom stereocenters. The van der Waals surface area contributed by atoms with E-state index in [1.54, 1.807) is 12.3 Å². The molecule has 0 saturated carbocycles. The first-order chi connectivity index (χ1) is 9.25. The number of fused-ring (bicyclic) bond motifs is 1. The second kappa shape index (κ2) is 4.65. The number of rotatable bonds is 4. The highest BCUT2D eigenvalue weighted by Crippen LogP contribution is 2.33. The van der Waals surface area contributed by atoms with Crippen molar-refractivity contribution in [1.82, 2.24) is 4.98 Å². The smallest absolute Gasteiger partial charge is 0.304 e. The third-order valence-corrected chi connectivity index (χ3v) is 3.26. The molecule has 0 fully saturated rings. The van der Waals surface area contributed by atoms with Gasteiger partial charge in [-0.25, -0.2) is 0 Å². The minimum absolute atomic E-state index is 0.00929. The van der Waals surface area contributed by atoms with E-state index >= 15 is 0 Å². The highest BCUT2D eigenvalue weighted by atomic mass is 16.4. The molecule has 2 heterocycles. The molecule has 3 aromatic rings. The van der Waals surface area contributed by atoms with Crippen LogP contribution in [0.25, 0.3) is 10.9 Å². The van der Waals surface area contributed by atoms with Crippen molar-refractivity contribution in [3.8, 4) is 0 Å². The summed E-state index contributed by atoms with van der Waals surface area (Å²) in [5, 5.41) is 10.1. The summed E-state index contributed by atoms with van der Waals surface area (Å²) in [5.41, 5.74) is 1.95. The Morgan fingerprint density at radius 2 is 2.11 bits per heavy atom. The molecule has 4 heteroatoms. The number of benzene rings is 1. The van der Waals surface area contributed by atoms with Gasteiger partial charge in [0, 0.05) is 17.1 Å². The molecule has 0 aliphatic carbocycles. The van der Waals surface area contributed by atoms with Crippen molar-refractivity contribution < 1.29 is 14.3 Å². The highest BCUT2D eigenvalue weighted by molar-refractivity contribution is 5.84. The largest absolute Gasteiger partial charge is 0.481 e. The molecular formula is C15H13NO3. The zero-order valence-corrected chi connectivity index (χ0v) is 10.2. The molecule has 0 spiro atoms. The first-order valence-electron chi connectivity index (χ1n) is 6.07. The van der Waals surface area contributed by atoms with Gasteiger partial charge in [0.25, 0.3) is 0 Å². The molecule has 96 valence electrons. The van der Waals surface area contributed by atoms with Gasteiger partial charge in [-0.1, -0.05) is 18.2 Å². The van der Waals surface area contributed by atoms with Crippen LogP contribution in [0.2, 0.25) is 0 Å². The molecular weight excluding hydrogens is 242 g/mol. The summed E-state index contributed by atoms with van der Waals surface area (Å²) >= 11 is 0. The molecule has 3 rings (SSSR count). The molecule has 1 aromatic carbocycles. The number of H-pyrrole nitrogens is 1. The van der Waals surface area contributed by atoms with Crippen molar-refractivity contribution >= 4 is 16.9 Å². The Bertz CT molecular complexity index is 697. The number of carbonyl (C=O) groups is 1. The lowest BCUT2D eigenvalue weighted by molar-refractivity contribution is -0.137. The Balaban J connectivity index is 2.11. The summed E-state index contributed by atoms with van der Waals surface area (Å²) < 4.78 is 5.39. The van der Waals surface area contributed by atoms with Crippen molar-refractivity contribution in [2.45, 2.75) is 12.3 Å². The Morgan fingerprint density at radius 1 is 1.26 bits per heavy atom. The summed E-state index contributed by atoms with van der Waals surface area (Å²) in [6.07, 6.45) is 3.44. The van der Waals surface area contributed by atoms with Gasteiger partial charge in [0.1, 0.15) is 5.76 Å². The van der Waals surface area contributed by atoms with Gasteiger partial charge in [-0.15, -0.1) is 0 Å². The number of aromatic nitrogens is 1. The average Bonchev–Trinajstić information content (AvgIpc) is 3.05. The van der Waals surface area contributed by atoms with Crippen molar-refractivity contribution in [3.63, 3.8) is 0 Å². The lowest BCUT2D eigenvalue weighted by atomic mass is 9.93. The molecule has 2 aromatic heterocycles. The second-order valence-electron chi connectivity index (χ2n) is 4.46. The standard InChI is InChI=1S/C15H13NO3/c17-15(18)8-11(14-6-3-7-19-14)12-9-16-13-5-2-1-4-10(12)13/h1-7,9,11,16H,8H2,(H,17,18). The Kier molecular flexibility index (Phi) is 2.83. The van der Waals surface area contributed by atoms with Crippen LogP contribution in [0.15, 0.2) is 53.3 Å². The lowest BCUT2D eigenvalue weighted by Crippen LogP contribution is -2.06. The maximum atomic E-state index is 11.1. The van der Waals surface area contributed by atoms with Crippen LogP contribution in [0.5, 0.6) is 0 Å². The number of para-hydroxylation sites is 1.